The predicted octanol–water partition coefficient (Wildman–Crippen LogP) is 4.41. The highest BCUT2D eigenvalue weighted by molar-refractivity contribution is 6.04. The second-order valence-electron chi connectivity index (χ2n) is 9.63. The maximum absolute atomic E-state index is 13.4. The second kappa shape index (κ2) is 9.10. The molecule has 1 saturated heterocycles. The number of carbonyl (C=O) groups excluding carboxylic acids is 2. The number of nitrogens with one attached hydrogen (secondary N) is 1. The van der Waals surface area contributed by atoms with Crippen molar-refractivity contribution >= 4 is 11.8 Å². The first-order valence-electron chi connectivity index (χ1n) is 11.5. The van der Waals surface area contributed by atoms with E-state index in [0.717, 1.165) is 36.2 Å². The Morgan fingerprint density at radius 2 is 2.03 bits per heavy atom. The molecule has 4 rings (SSSR count). The van der Waals surface area contributed by atoms with E-state index in [1.165, 1.54) is 0 Å². The molecule has 1 aliphatic carbocycles. The molecule has 0 saturated carbocycles. The number of Topliss-reactive ketones (excluding diaryl/α,β-unsaturated/α-hetero) is 1. The zero-order valence-corrected chi connectivity index (χ0v) is 19.5. The van der Waals surface area contributed by atoms with Gasteiger partial charge in [0.25, 0.3) is 0 Å². The maximum Gasteiger partial charge on any atom is 0.336 e. The van der Waals surface area contributed by atoms with Gasteiger partial charge in [-0.25, -0.2) is 4.79 Å². The summed E-state index contributed by atoms with van der Waals surface area (Å²) in [6, 6.07) is 7.66. The number of allylic oxidation sites excluding steroid dienone is 3. The van der Waals surface area contributed by atoms with E-state index < -0.39 is 11.9 Å². The van der Waals surface area contributed by atoms with E-state index in [0.29, 0.717) is 36.5 Å². The van der Waals surface area contributed by atoms with Gasteiger partial charge in [0.15, 0.2) is 5.78 Å². The lowest BCUT2D eigenvalue weighted by molar-refractivity contribution is -0.142. The van der Waals surface area contributed by atoms with Gasteiger partial charge in [0.1, 0.15) is 12.4 Å². The largest absolute Gasteiger partial charge is 0.494 e. The molecule has 2 unspecified atom stereocenters. The molecule has 172 valence electrons. The van der Waals surface area contributed by atoms with Crippen molar-refractivity contribution in [2.45, 2.75) is 65.4 Å². The molecule has 6 nitrogen and oxygen atoms in total. The molecule has 0 aromatic heterocycles. The molecule has 1 N–H and O–H groups in total. The van der Waals surface area contributed by atoms with Crippen LogP contribution in [0.4, 0.5) is 0 Å². The summed E-state index contributed by atoms with van der Waals surface area (Å²) in [5.41, 5.74) is 3.44. The van der Waals surface area contributed by atoms with Crippen LogP contribution in [-0.4, -0.2) is 37.7 Å². The standard InChI is InChI=1S/C26H33NO5/c1-5-30-21-11-7-6-10-18(21)23-22(25(29)32-15-17-9-8-12-31-17)16(2)27-19-13-26(3,4)14-20(28)24(19)23/h6-7,10-11,17,23,27H,5,8-9,12-15H2,1-4H3. The van der Waals surface area contributed by atoms with Gasteiger partial charge in [-0.05, 0) is 44.6 Å². The molecule has 0 amide bonds. The number of ether oxygens (including phenoxy) is 3. The fraction of sp³-hybridized carbons (Fsp3) is 0.538. The minimum atomic E-state index is -0.519. The first-order valence-corrected chi connectivity index (χ1v) is 11.5. The van der Waals surface area contributed by atoms with Crippen LogP contribution in [0.25, 0.3) is 0 Å². The summed E-state index contributed by atoms with van der Waals surface area (Å²) in [4.78, 5) is 26.8. The van der Waals surface area contributed by atoms with Gasteiger partial charge < -0.3 is 19.5 Å². The van der Waals surface area contributed by atoms with Crippen molar-refractivity contribution in [1.29, 1.82) is 0 Å². The Balaban J connectivity index is 1.76. The van der Waals surface area contributed by atoms with Crippen LogP contribution >= 0.6 is 0 Å². The van der Waals surface area contributed by atoms with Gasteiger partial charge in [-0.1, -0.05) is 32.0 Å². The lowest BCUT2D eigenvalue weighted by atomic mass is 9.68. The molecule has 3 aliphatic rings. The summed E-state index contributed by atoms with van der Waals surface area (Å²) < 4.78 is 17.2. The molecule has 1 aromatic rings. The average molecular weight is 440 g/mol. The Labute approximate surface area is 190 Å². The van der Waals surface area contributed by atoms with Crippen LogP contribution in [0.3, 0.4) is 0 Å². The van der Waals surface area contributed by atoms with Crippen molar-refractivity contribution in [3.63, 3.8) is 0 Å². The highest BCUT2D eigenvalue weighted by Gasteiger charge is 2.44. The smallest absolute Gasteiger partial charge is 0.336 e. The molecule has 1 aromatic carbocycles. The molecule has 0 bridgehead atoms. The molecule has 32 heavy (non-hydrogen) atoms. The SMILES string of the molecule is CCOc1ccccc1C1C(C(=O)OCC2CCCO2)=C(C)NC2=C1C(=O)CC(C)(C)C2. The Kier molecular flexibility index (Phi) is 6.42. The number of hydrogen-bond acceptors (Lipinski definition) is 6. The first kappa shape index (κ1) is 22.6. The third-order valence-electron chi connectivity index (χ3n) is 6.41. The second-order valence-corrected chi connectivity index (χ2v) is 9.63. The lowest BCUT2D eigenvalue weighted by Gasteiger charge is -2.39. The Bertz CT molecular complexity index is 968. The third kappa shape index (κ3) is 4.46. The number of ketones is 1. The summed E-state index contributed by atoms with van der Waals surface area (Å²) in [5, 5.41) is 3.38. The average Bonchev–Trinajstić information content (AvgIpc) is 3.24. The predicted molar refractivity (Wildman–Crippen MR) is 121 cm³/mol. The van der Waals surface area contributed by atoms with Gasteiger partial charge in [-0.3, -0.25) is 4.79 Å². The highest BCUT2D eigenvalue weighted by Crippen LogP contribution is 2.48. The monoisotopic (exact) mass is 439 g/mol. The van der Waals surface area contributed by atoms with Crippen LogP contribution in [0, 0.1) is 5.41 Å². The lowest BCUT2D eigenvalue weighted by Crippen LogP contribution is -2.39. The van der Waals surface area contributed by atoms with E-state index in [-0.39, 0.29) is 23.9 Å². The Morgan fingerprint density at radius 3 is 2.75 bits per heavy atom. The van der Waals surface area contributed by atoms with Crippen LogP contribution in [0.15, 0.2) is 46.8 Å². The highest BCUT2D eigenvalue weighted by atomic mass is 16.6. The van der Waals surface area contributed by atoms with Gasteiger partial charge in [0, 0.05) is 35.6 Å². The number of rotatable bonds is 6. The molecule has 2 aliphatic heterocycles. The zero-order valence-electron chi connectivity index (χ0n) is 19.5. The zero-order chi connectivity index (χ0) is 22.9. The third-order valence-corrected chi connectivity index (χ3v) is 6.41. The van der Waals surface area contributed by atoms with Gasteiger partial charge in [-0.15, -0.1) is 0 Å². The van der Waals surface area contributed by atoms with E-state index >= 15 is 0 Å². The van der Waals surface area contributed by atoms with Gasteiger partial charge in [0.2, 0.25) is 0 Å². The van der Waals surface area contributed by atoms with Crippen molar-refractivity contribution in [2.75, 3.05) is 19.8 Å². The summed E-state index contributed by atoms with van der Waals surface area (Å²) in [6.45, 7) is 9.44. The number of carbonyl (C=O) groups is 2. The minimum Gasteiger partial charge on any atom is -0.494 e. The fourth-order valence-corrected chi connectivity index (χ4v) is 5.05. The quantitative estimate of drug-likeness (QED) is 0.662. The Morgan fingerprint density at radius 1 is 1.25 bits per heavy atom. The van der Waals surface area contributed by atoms with Crippen molar-refractivity contribution in [2.24, 2.45) is 5.41 Å². The van der Waals surface area contributed by atoms with Crippen LogP contribution in [0.2, 0.25) is 0 Å². The maximum atomic E-state index is 13.4. The molecular formula is C26H33NO5. The molecule has 1 fully saturated rings. The topological polar surface area (TPSA) is 73.9 Å². The first-order chi connectivity index (χ1) is 15.3. The molecule has 2 atom stereocenters. The molecule has 2 heterocycles. The number of benzene rings is 1. The normalized spacial score (nSPS) is 24.8. The number of dihydropyridines is 1. The van der Waals surface area contributed by atoms with Gasteiger partial charge >= 0.3 is 5.97 Å². The molecular weight excluding hydrogens is 406 g/mol. The number of hydrogen-bond donors (Lipinski definition) is 1. The van der Waals surface area contributed by atoms with Crippen molar-refractivity contribution < 1.29 is 23.8 Å². The van der Waals surface area contributed by atoms with Crippen molar-refractivity contribution in [3.05, 3.63) is 52.4 Å². The van der Waals surface area contributed by atoms with Crippen LogP contribution in [0.5, 0.6) is 5.75 Å². The van der Waals surface area contributed by atoms with E-state index in [9.17, 15) is 9.59 Å². The summed E-state index contributed by atoms with van der Waals surface area (Å²) in [6.07, 6.45) is 3.01. The van der Waals surface area contributed by atoms with E-state index in [4.69, 9.17) is 14.2 Å². The fourth-order valence-electron chi connectivity index (χ4n) is 5.05. The molecule has 0 radical (unpaired) electrons. The van der Waals surface area contributed by atoms with E-state index in [1.54, 1.807) is 0 Å². The summed E-state index contributed by atoms with van der Waals surface area (Å²) in [5.74, 6) is -0.179. The minimum absolute atomic E-state index is 0.0579. The van der Waals surface area contributed by atoms with Gasteiger partial charge in [0.05, 0.1) is 24.2 Å². The van der Waals surface area contributed by atoms with Crippen molar-refractivity contribution in [1.82, 2.24) is 5.32 Å². The number of esters is 1. The van der Waals surface area contributed by atoms with Crippen LogP contribution < -0.4 is 10.1 Å². The summed E-state index contributed by atoms with van der Waals surface area (Å²) in [7, 11) is 0. The van der Waals surface area contributed by atoms with Crippen molar-refractivity contribution in [3.8, 4) is 5.75 Å². The van der Waals surface area contributed by atoms with Crippen LogP contribution in [0.1, 0.15) is 64.9 Å². The van der Waals surface area contributed by atoms with Crippen LogP contribution in [-0.2, 0) is 19.1 Å². The van der Waals surface area contributed by atoms with E-state index in [1.807, 2.05) is 38.1 Å². The molecule has 6 heteroatoms. The Hall–Kier alpha value is -2.60. The summed E-state index contributed by atoms with van der Waals surface area (Å²) >= 11 is 0. The van der Waals surface area contributed by atoms with E-state index in [2.05, 4.69) is 19.2 Å². The molecule has 0 spiro atoms. The van der Waals surface area contributed by atoms with Gasteiger partial charge in [-0.2, -0.15) is 0 Å². The number of para-hydroxylation sites is 1.